The molecule has 1 aromatic heterocycles. The van der Waals surface area contributed by atoms with Crippen LogP contribution in [0.25, 0.3) is 5.69 Å². The monoisotopic (exact) mass is 267 g/mol. The van der Waals surface area contributed by atoms with Gasteiger partial charge in [0.25, 0.3) is 0 Å². The first kappa shape index (κ1) is 11.5. The number of aromatic nitrogens is 2. The molecule has 1 aliphatic rings. The van der Waals surface area contributed by atoms with Crippen LogP contribution in [-0.2, 0) is 17.8 Å². The number of hydrogen-bond acceptors (Lipinski definition) is 3. The number of nitrogens with two attached hydrogens (primary N) is 1. The molecule has 2 aromatic rings. The van der Waals surface area contributed by atoms with Gasteiger partial charge in [-0.25, -0.2) is 9.07 Å². The third kappa shape index (κ3) is 1.76. The third-order valence-corrected chi connectivity index (χ3v) is 3.22. The number of anilines is 1. The maximum absolute atomic E-state index is 13.8. The lowest BCUT2D eigenvalue weighted by atomic mass is 10.1. The van der Waals surface area contributed by atoms with Crippen LogP contribution in [0.3, 0.4) is 0 Å². The zero-order chi connectivity index (χ0) is 12.7. The standard InChI is InChI=1S/C12H11ClFN3O/c13-7-1-2-9(14)11(5-7)17-10-3-4-18-6-8(10)12(15)16-17/h1-2,5H,3-4,6H2,(H2,15,16). The van der Waals surface area contributed by atoms with Crippen molar-refractivity contribution in [1.82, 2.24) is 9.78 Å². The molecule has 0 atom stereocenters. The Morgan fingerprint density at radius 2 is 2.28 bits per heavy atom. The predicted octanol–water partition coefficient (Wildman–Crippen LogP) is 2.32. The molecule has 1 aromatic carbocycles. The highest BCUT2D eigenvalue weighted by Crippen LogP contribution is 2.27. The second-order valence-corrected chi connectivity index (χ2v) is 4.56. The van der Waals surface area contributed by atoms with Gasteiger partial charge in [0.15, 0.2) is 5.82 Å². The van der Waals surface area contributed by atoms with Crippen molar-refractivity contribution in [2.75, 3.05) is 12.3 Å². The third-order valence-electron chi connectivity index (χ3n) is 2.99. The fourth-order valence-corrected chi connectivity index (χ4v) is 2.27. The fourth-order valence-electron chi connectivity index (χ4n) is 2.11. The van der Waals surface area contributed by atoms with Crippen molar-refractivity contribution in [1.29, 1.82) is 0 Å². The highest BCUT2D eigenvalue weighted by molar-refractivity contribution is 6.30. The number of nitrogen functional groups attached to an aromatic ring is 1. The second-order valence-electron chi connectivity index (χ2n) is 4.12. The molecule has 0 unspecified atom stereocenters. The number of fused-ring (bicyclic) bond motifs is 1. The zero-order valence-corrected chi connectivity index (χ0v) is 10.2. The molecule has 0 saturated carbocycles. The average molecular weight is 268 g/mol. The summed E-state index contributed by atoms with van der Waals surface area (Å²) in [4.78, 5) is 0. The van der Waals surface area contributed by atoms with Crippen LogP contribution in [0.4, 0.5) is 10.2 Å². The lowest BCUT2D eigenvalue weighted by molar-refractivity contribution is 0.110. The van der Waals surface area contributed by atoms with E-state index in [4.69, 9.17) is 22.1 Å². The molecule has 1 aliphatic heterocycles. The average Bonchev–Trinajstić information content (AvgIpc) is 2.71. The van der Waals surface area contributed by atoms with E-state index in [1.165, 1.54) is 16.8 Å². The van der Waals surface area contributed by atoms with Gasteiger partial charge < -0.3 is 10.5 Å². The Hall–Kier alpha value is -1.59. The summed E-state index contributed by atoms with van der Waals surface area (Å²) in [5, 5.41) is 4.64. The largest absolute Gasteiger partial charge is 0.382 e. The number of nitrogens with zero attached hydrogens (tertiary/aromatic N) is 2. The Balaban J connectivity index is 2.20. The Morgan fingerprint density at radius 3 is 3.11 bits per heavy atom. The molecule has 3 rings (SSSR count). The highest BCUT2D eigenvalue weighted by Gasteiger charge is 2.22. The SMILES string of the molecule is Nc1nn(-c2cc(Cl)ccc2F)c2c1COCC2. The van der Waals surface area contributed by atoms with Crippen LogP contribution in [0.1, 0.15) is 11.3 Å². The van der Waals surface area contributed by atoms with Gasteiger partial charge in [-0.15, -0.1) is 5.10 Å². The summed E-state index contributed by atoms with van der Waals surface area (Å²) < 4.78 is 20.7. The van der Waals surface area contributed by atoms with Gasteiger partial charge >= 0.3 is 0 Å². The molecular weight excluding hydrogens is 257 g/mol. The Bertz CT molecular complexity index is 612. The van der Waals surface area contributed by atoms with Crippen LogP contribution in [0, 0.1) is 5.82 Å². The van der Waals surface area contributed by atoms with Crippen LogP contribution >= 0.6 is 11.6 Å². The van der Waals surface area contributed by atoms with E-state index in [9.17, 15) is 4.39 Å². The summed E-state index contributed by atoms with van der Waals surface area (Å²) >= 11 is 5.89. The fraction of sp³-hybridized carbons (Fsp3) is 0.250. The quantitative estimate of drug-likeness (QED) is 0.863. The molecule has 2 heterocycles. The summed E-state index contributed by atoms with van der Waals surface area (Å²) in [7, 11) is 0. The normalized spacial score (nSPS) is 14.6. The van der Waals surface area contributed by atoms with Crippen LogP contribution in [0.2, 0.25) is 5.02 Å². The minimum absolute atomic E-state index is 0.317. The Kier molecular flexibility index (Phi) is 2.72. The van der Waals surface area contributed by atoms with Crippen molar-refractivity contribution >= 4 is 17.4 Å². The lowest BCUT2D eigenvalue weighted by Gasteiger charge is -2.15. The smallest absolute Gasteiger partial charge is 0.151 e. The van der Waals surface area contributed by atoms with Gasteiger partial charge in [0, 0.05) is 17.0 Å². The van der Waals surface area contributed by atoms with Crippen molar-refractivity contribution < 1.29 is 9.13 Å². The second kappa shape index (κ2) is 4.26. The molecule has 0 amide bonds. The molecule has 0 radical (unpaired) electrons. The van der Waals surface area contributed by atoms with E-state index in [-0.39, 0.29) is 5.82 Å². The molecule has 0 aliphatic carbocycles. The van der Waals surface area contributed by atoms with Crippen LogP contribution in [0.5, 0.6) is 0 Å². The first-order valence-electron chi connectivity index (χ1n) is 5.56. The van der Waals surface area contributed by atoms with E-state index in [1.54, 1.807) is 6.07 Å². The minimum Gasteiger partial charge on any atom is -0.382 e. The van der Waals surface area contributed by atoms with Gasteiger partial charge in [-0.3, -0.25) is 0 Å². The summed E-state index contributed by atoms with van der Waals surface area (Å²) in [6.45, 7) is 1.00. The van der Waals surface area contributed by atoms with Crippen molar-refractivity contribution in [3.05, 3.63) is 40.3 Å². The van der Waals surface area contributed by atoms with Crippen molar-refractivity contribution in [3.63, 3.8) is 0 Å². The summed E-state index contributed by atoms with van der Waals surface area (Å²) in [5.41, 5.74) is 7.86. The molecule has 0 saturated heterocycles. The zero-order valence-electron chi connectivity index (χ0n) is 9.49. The lowest BCUT2D eigenvalue weighted by Crippen LogP contribution is -2.13. The topological polar surface area (TPSA) is 53.1 Å². The molecule has 0 spiro atoms. The van der Waals surface area contributed by atoms with E-state index >= 15 is 0 Å². The maximum atomic E-state index is 13.8. The van der Waals surface area contributed by atoms with E-state index in [2.05, 4.69) is 5.10 Å². The van der Waals surface area contributed by atoms with Gasteiger partial charge in [-0.2, -0.15) is 0 Å². The van der Waals surface area contributed by atoms with Crippen LogP contribution in [0.15, 0.2) is 18.2 Å². The highest BCUT2D eigenvalue weighted by atomic mass is 35.5. The molecule has 18 heavy (non-hydrogen) atoms. The van der Waals surface area contributed by atoms with Gasteiger partial charge in [-0.1, -0.05) is 11.6 Å². The molecule has 0 fully saturated rings. The van der Waals surface area contributed by atoms with E-state index in [1.807, 2.05) is 0 Å². The van der Waals surface area contributed by atoms with Gasteiger partial charge in [0.05, 0.1) is 18.9 Å². The number of ether oxygens (including phenoxy) is 1. The van der Waals surface area contributed by atoms with Crippen molar-refractivity contribution in [3.8, 4) is 5.69 Å². The van der Waals surface area contributed by atoms with Gasteiger partial charge in [-0.05, 0) is 18.2 Å². The number of rotatable bonds is 1. The van der Waals surface area contributed by atoms with E-state index in [0.717, 1.165) is 11.3 Å². The minimum atomic E-state index is -0.379. The van der Waals surface area contributed by atoms with E-state index < -0.39 is 0 Å². The molecular formula is C12H11ClFN3O. The molecule has 6 heteroatoms. The van der Waals surface area contributed by atoms with Gasteiger partial charge in [0.2, 0.25) is 0 Å². The number of hydrogen-bond donors (Lipinski definition) is 1. The van der Waals surface area contributed by atoms with Crippen LogP contribution in [-0.4, -0.2) is 16.4 Å². The van der Waals surface area contributed by atoms with Crippen molar-refractivity contribution in [2.45, 2.75) is 13.0 Å². The summed E-state index contributed by atoms with van der Waals surface area (Å²) in [6, 6.07) is 4.36. The number of halogens is 2. The Morgan fingerprint density at radius 1 is 1.44 bits per heavy atom. The van der Waals surface area contributed by atoms with Crippen molar-refractivity contribution in [2.24, 2.45) is 0 Å². The Labute approximate surface area is 108 Å². The predicted molar refractivity (Wildman–Crippen MR) is 66.3 cm³/mol. The maximum Gasteiger partial charge on any atom is 0.151 e. The first-order chi connectivity index (χ1) is 8.66. The van der Waals surface area contributed by atoms with Crippen LogP contribution < -0.4 is 5.73 Å². The molecule has 0 bridgehead atoms. The molecule has 94 valence electrons. The summed E-state index contributed by atoms with van der Waals surface area (Å²) in [6.07, 6.45) is 0.658. The van der Waals surface area contributed by atoms with Gasteiger partial charge in [0.1, 0.15) is 11.5 Å². The first-order valence-corrected chi connectivity index (χ1v) is 5.94. The summed E-state index contributed by atoms with van der Waals surface area (Å²) in [5.74, 6) is 0.000248. The number of benzene rings is 1. The molecule has 4 nitrogen and oxygen atoms in total. The molecule has 2 N–H and O–H groups in total. The van der Waals surface area contributed by atoms with E-state index in [0.29, 0.717) is 36.2 Å².